The van der Waals surface area contributed by atoms with E-state index in [0.717, 1.165) is 38.1 Å². The van der Waals surface area contributed by atoms with Gasteiger partial charge in [0.25, 0.3) is 0 Å². The average molecular weight is 356 g/mol. The summed E-state index contributed by atoms with van der Waals surface area (Å²) in [4.78, 5) is 18.8. The van der Waals surface area contributed by atoms with Gasteiger partial charge >= 0.3 is 11.8 Å². The fourth-order valence-corrected chi connectivity index (χ4v) is 3.49. The number of hydrogen-bond acceptors (Lipinski definition) is 6. The summed E-state index contributed by atoms with van der Waals surface area (Å²) in [7, 11) is 0. The van der Waals surface area contributed by atoms with Crippen LogP contribution in [0.5, 0.6) is 0 Å². The molecule has 1 atom stereocenters. The van der Waals surface area contributed by atoms with E-state index in [1.807, 2.05) is 12.1 Å². The van der Waals surface area contributed by atoms with E-state index in [2.05, 4.69) is 32.5 Å². The molecule has 7 nitrogen and oxygen atoms in total. The topological polar surface area (TPSA) is 80.5 Å². The zero-order valence-corrected chi connectivity index (χ0v) is 14.8. The van der Waals surface area contributed by atoms with Gasteiger partial charge in [-0.3, -0.25) is 4.79 Å². The third-order valence-electron chi connectivity index (χ3n) is 4.98. The molecule has 1 aromatic carbocycles. The van der Waals surface area contributed by atoms with E-state index >= 15 is 0 Å². The van der Waals surface area contributed by atoms with Crippen LogP contribution < -0.4 is 10.2 Å². The number of benzene rings is 1. The van der Waals surface area contributed by atoms with Gasteiger partial charge in [0, 0.05) is 37.5 Å². The lowest BCUT2D eigenvalue weighted by Crippen LogP contribution is -2.31. The van der Waals surface area contributed by atoms with Crippen molar-refractivity contribution in [2.24, 2.45) is 0 Å². The van der Waals surface area contributed by atoms with Gasteiger partial charge in [-0.1, -0.05) is 5.16 Å². The molecule has 2 aliphatic rings. The van der Waals surface area contributed by atoms with Crippen LogP contribution in [0.3, 0.4) is 0 Å². The maximum Gasteiger partial charge on any atom is 0.316 e. The van der Waals surface area contributed by atoms with E-state index in [4.69, 9.17) is 9.26 Å². The number of piperidine rings is 1. The molecule has 0 unspecified atom stereocenters. The van der Waals surface area contributed by atoms with Gasteiger partial charge in [-0.25, -0.2) is 0 Å². The van der Waals surface area contributed by atoms with Crippen LogP contribution in [0.4, 0.5) is 5.69 Å². The highest BCUT2D eigenvalue weighted by atomic mass is 16.5. The molecule has 0 saturated carbocycles. The average Bonchev–Trinajstić information content (AvgIpc) is 3.39. The molecule has 1 amide bonds. The van der Waals surface area contributed by atoms with Crippen molar-refractivity contribution in [3.8, 4) is 11.4 Å². The smallest absolute Gasteiger partial charge is 0.316 e. The molecule has 2 aliphatic heterocycles. The number of carbonyl (C=O) groups excluding carboxylic acids is 1. The summed E-state index contributed by atoms with van der Waals surface area (Å²) in [6.45, 7) is 3.45. The van der Waals surface area contributed by atoms with Crippen molar-refractivity contribution in [2.45, 2.75) is 38.2 Å². The highest BCUT2D eigenvalue weighted by molar-refractivity contribution is 5.89. The first kappa shape index (κ1) is 17.0. The van der Waals surface area contributed by atoms with Gasteiger partial charge in [0.15, 0.2) is 0 Å². The van der Waals surface area contributed by atoms with Gasteiger partial charge in [-0.05, 0) is 56.4 Å². The Hall–Kier alpha value is -2.41. The first-order valence-electron chi connectivity index (χ1n) is 9.38. The van der Waals surface area contributed by atoms with Gasteiger partial charge < -0.3 is 19.5 Å². The number of nitrogens with zero attached hydrogens (tertiary/aromatic N) is 3. The molecule has 4 rings (SSSR count). The fourth-order valence-electron chi connectivity index (χ4n) is 3.49. The van der Waals surface area contributed by atoms with Crippen LogP contribution in [0.1, 0.15) is 42.8 Å². The van der Waals surface area contributed by atoms with Crippen LogP contribution in [-0.2, 0) is 4.74 Å². The molecule has 0 bridgehead atoms. The normalized spacial score (nSPS) is 20.3. The van der Waals surface area contributed by atoms with Gasteiger partial charge in [-0.2, -0.15) is 4.98 Å². The lowest BCUT2D eigenvalue weighted by Gasteiger charge is -2.28. The Morgan fingerprint density at radius 2 is 1.96 bits per heavy atom. The molecule has 2 aromatic rings. The standard InChI is InChI=1S/C19H24N4O3/c24-18(20-13-16-5-4-12-25-16)19-21-17(22-26-19)14-6-8-15(9-7-14)23-10-2-1-3-11-23/h6-9,16H,1-5,10-13H2,(H,20,24)/t16-/m0/s1. The number of anilines is 1. The van der Waals surface area contributed by atoms with Crippen molar-refractivity contribution < 1.29 is 14.1 Å². The Morgan fingerprint density at radius 1 is 1.15 bits per heavy atom. The molecule has 0 radical (unpaired) electrons. The molecule has 1 aromatic heterocycles. The Kier molecular flexibility index (Phi) is 5.15. The van der Waals surface area contributed by atoms with Crippen molar-refractivity contribution in [1.82, 2.24) is 15.5 Å². The second-order valence-electron chi connectivity index (χ2n) is 6.86. The number of carbonyl (C=O) groups is 1. The summed E-state index contributed by atoms with van der Waals surface area (Å²) in [5, 5.41) is 6.73. The zero-order chi connectivity index (χ0) is 17.8. The lowest BCUT2D eigenvalue weighted by molar-refractivity contribution is 0.0822. The molecule has 138 valence electrons. The largest absolute Gasteiger partial charge is 0.376 e. The predicted octanol–water partition coefficient (Wildman–Crippen LogP) is 2.64. The van der Waals surface area contributed by atoms with E-state index in [-0.39, 0.29) is 17.9 Å². The fraction of sp³-hybridized carbons (Fsp3) is 0.526. The Bertz CT molecular complexity index is 731. The number of ether oxygens (including phenoxy) is 1. The van der Waals surface area contributed by atoms with Gasteiger partial charge in [0.05, 0.1) is 6.10 Å². The summed E-state index contributed by atoms with van der Waals surface area (Å²) in [6, 6.07) is 8.11. The number of hydrogen-bond donors (Lipinski definition) is 1. The van der Waals surface area contributed by atoms with E-state index in [0.29, 0.717) is 12.4 Å². The van der Waals surface area contributed by atoms with Crippen LogP contribution in [0, 0.1) is 0 Å². The minimum absolute atomic E-state index is 0.0156. The highest BCUT2D eigenvalue weighted by Crippen LogP contribution is 2.23. The number of nitrogens with one attached hydrogen (secondary N) is 1. The Labute approximate surface area is 152 Å². The van der Waals surface area contributed by atoms with E-state index < -0.39 is 0 Å². The number of rotatable bonds is 5. The number of aromatic nitrogens is 2. The quantitative estimate of drug-likeness (QED) is 0.887. The van der Waals surface area contributed by atoms with Crippen molar-refractivity contribution in [3.05, 3.63) is 30.2 Å². The molecule has 0 spiro atoms. The van der Waals surface area contributed by atoms with Crippen LogP contribution in [-0.4, -0.2) is 48.4 Å². The lowest BCUT2D eigenvalue weighted by atomic mass is 10.1. The Morgan fingerprint density at radius 3 is 2.69 bits per heavy atom. The minimum atomic E-state index is -0.357. The molecule has 26 heavy (non-hydrogen) atoms. The summed E-state index contributed by atoms with van der Waals surface area (Å²) < 4.78 is 10.6. The van der Waals surface area contributed by atoms with Crippen LogP contribution in [0.2, 0.25) is 0 Å². The second-order valence-corrected chi connectivity index (χ2v) is 6.86. The highest BCUT2D eigenvalue weighted by Gasteiger charge is 2.20. The van der Waals surface area contributed by atoms with E-state index in [1.54, 1.807) is 0 Å². The molecule has 7 heteroatoms. The van der Waals surface area contributed by atoms with Crippen molar-refractivity contribution in [3.63, 3.8) is 0 Å². The molecule has 1 N–H and O–H groups in total. The van der Waals surface area contributed by atoms with Gasteiger partial charge in [0.1, 0.15) is 0 Å². The third-order valence-corrected chi connectivity index (χ3v) is 4.98. The zero-order valence-electron chi connectivity index (χ0n) is 14.8. The molecular formula is C19H24N4O3. The van der Waals surface area contributed by atoms with Gasteiger partial charge in [0.2, 0.25) is 5.82 Å². The maximum atomic E-state index is 12.1. The minimum Gasteiger partial charge on any atom is -0.376 e. The van der Waals surface area contributed by atoms with Crippen molar-refractivity contribution in [2.75, 3.05) is 31.1 Å². The number of amides is 1. The predicted molar refractivity (Wildman–Crippen MR) is 97.1 cm³/mol. The molecule has 0 aliphatic carbocycles. The third kappa shape index (κ3) is 3.88. The van der Waals surface area contributed by atoms with E-state index in [9.17, 15) is 4.79 Å². The molecular weight excluding hydrogens is 332 g/mol. The van der Waals surface area contributed by atoms with Crippen LogP contribution >= 0.6 is 0 Å². The van der Waals surface area contributed by atoms with Crippen LogP contribution in [0.15, 0.2) is 28.8 Å². The summed E-state index contributed by atoms with van der Waals surface area (Å²) in [5.74, 6) is 0.0553. The first-order chi connectivity index (χ1) is 12.8. The molecule has 2 saturated heterocycles. The van der Waals surface area contributed by atoms with Crippen molar-refractivity contribution in [1.29, 1.82) is 0 Å². The summed E-state index contributed by atoms with van der Waals surface area (Å²) in [6.07, 6.45) is 5.91. The summed E-state index contributed by atoms with van der Waals surface area (Å²) >= 11 is 0. The van der Waals surface area contributed by atoms with Crippen molar-refractivity contribution >= 4 is 11.6 Å². The Balaban J connectivity index is 1.38. The van der Waals surface area contributed by atoms with E-state index in [1.165, 1.54) is 24.9 Å². The maximum absolute atomic E-state index is 12.1. The monoisotopic (exact) mass is 356 g/mol. The SMILES string of the molecule is O=C(NC[C@@H]1CCCO1)c1nc(-c2ccc(N3CCCCC3)cc2)no1. The second kappa shape index (κ2) is 7.86. The van der Waals surface area contributed by atoms with Crippen LogP contribution in [0.25, 0.3) is 11.4 Å². The first-order valence-corrected chi connectivity index (χ1v) is 9.38. The molecule has 3 heterocycles. The molecule has 2 fully saturated rings. The van der Waals surface area contributed by atoms with Gasteiger partial charge in [-0.15, -0.1) is 0 Å². The summed E-state index contributed by atoms with van der Waals surface area (Å²) in [5.41, 5.74) is 2.05.